The molecule has 1 heterocycles. The third-order valence-electron chi connectivity index (χ3n) is 2.17. The first-order chi connectivity index (χ1) is 7.15. The monoisotopic (exact) mass is 278 g/mol. The van der Waals surface area contributed by atoms with Crippen molar-refractivity contribution in [3.05, 3.63) is 10.3 Å². The maximum absolute atomic E-state index is 5.21. The molecule has 1 atom stereocenters. The standard InChI is InChI=1S/C8H15BrN4O2/c1-10-5(8(14-3)15-4)6-7(9)11-12-13(6)2/h5,8,10H,1-4H3. The molecule has 0 aliphatic heterocycles. The van der Waals surface area contributed by atoms with Crippen LogP contribution in [0.1, 0.15) is 11.7 Å². The van der Waals surface area contributed by atoms with Crippen LogP contribution in [0, 0.1) is 0 Å². The highest BCUT2D eigenvalue weighted by Gasteiger charge is 2.27. The largest absolute Gasteiger partial charge is 0.354 e. The van der Waals surface area contributed by atoms with Crippen LogP contribution in [0.5, 0.6) is 0 Å². The van der Waals surface area contributed by atoms with E-state index in [-0.39, 0.29) is 12.3 Å². The third-order valence-corrected chi connectivity index (χ3v) is 2.73. The molecule has 7 heteroatoms. The molecule has 1 aromatic rings. The third kappa shape index (κ3) is 2.54. The normalized spacial score (nSPS) is 13.5. The van der Waals surface area contributed by atoms with Gasteiger partial charge in [0.15, 0.2) is 10.9 Å². The zero-order chi connectivity index (χ0) is 11.4. The number of likely N-dealkylation sites (N-methyl/N-ethyl adjacent to an activating group) is 1. The molecule has 0 spiro atoms. The van der Waals surface area contributed by atoms with Crippen molar-refractivity contribution in [3.8, 4) is 0 Å². The number of ether oxygens (including phenoxy) is 2. The number of hydrogen-bond acceptors (Lipinski definition) is 5. The van der Waals surface area contributed by atoms with E-state index >= 15 is 0 Å². The summed E-state index contributed by atoms with van der Waals surface area (Å²) in [5.74, 6) is 0. The summed E-state index contributed by atoms with van der Waals surface area (Å²) in [6.07, 6.45) is -0.386. The molecule has 0 amide bonds. The first kappa shape index (κ1) is 12.6. The number of aromatic nitrogens is 3. The van der Waals surface area contributed by atoms with Gasteiger partial charge in [-0.25, -0.2) is 4.68 Å². The van der Waals surface area contributed by atoms with Gasteiger partial charge in [-0.15, -0.1) is 5.10 Å². The van der Waals surface area contributed by atoms with Gasteiger partial charge in [0.05, 0.1) is 5.69 Å². The van der Waals surface area contributed by atoms with Crippen LogP contribution >= 0.6 is 15.9 Å². The van der Waals surface area contributed by atoms with Gasteiger partial charge in [-0.05, 0) is 23.0 Å². The number of methoxy groups -OCH3 is 2. The molecule has 86 valence electrons. The van der Waals surface area contributed by atoms with Gasteiger partial charge >= 0.3 is 0 Å². The molecule has 1 N–H and O–H groups in total. The molecular formula is C8H15BrN4O2. The van der Waals surface area contributed by atoms with Crippen molar-refractivity contribution in [3.63, 3.8) is 0 Å². The van der Waals surface area contributed by atoms with Gasteiger partial charge < -0.3 is 14.8 Å². The molecule has 0 aromatic carbocycles. The number of halogens is 1. The Hall–Kier alpha value is -0.500. The minimum absolute atomic E-state index is 0.130. The molecule has 0 saturated heterocycles. The fourth-order valence-corrected chi connectivity index (χ4v) is 2.01. The lowest BCUT2D eigenvalue weighted by molar-refractivity contribution is -0.124. The van der Waals surface area contributed by atoms with Crippen molar-refractivity contribution in [2.45, 2.75) is 12.3 Å². The van der Waals surface area contributed by atoms with E-state index in [0.29, 0.717) is 4.60 Å². The maximum Gasteiger partial charge on any atom is 0.177 e. The highest BCUT2D eigenvalue weighted by atomic mass is 79.9. The predicted molar refractivity (Wildman–Crippen MR) is 58.3 cm³/mol. The van der Waals surface area contributed by atoms with Gasteiger partial charge in [0.1, 0.15) is 6.04 Å². The molecule has 1 unspecified atom stereocenters. The summed E-state index contributed by atoms with van der Waals surface area (Å²) in [5.41, 5.74) is 0.881. The van der Waals surface area contributed by atoms with E-state index in [4.69, 9.17) is 9.47 Å². The highest BCUT2D eigenvalue weighted by Crippen LogP contribution is 2.24. The lowest BCUT2D eigenvalue weighted by atomic mass is 10.2. The van der Waals surface area contributed by atoms with Gasteiger partial charge in [0.2, 0.25) is 0 Å². The van der Waals surface area contributed by atoms with E-state index in [9.17, 15) is 0 Å². The molecule has 0 radical (unpaired) electrons. The van der Waals surface area contributed by atoms with Crippen molar-refractivity contribution >= 4 is 15.9 Å². The van der Waals surface area contributed by atoms with E-state index in [1.807, 2.05) is 14.1 Å². The first-order valence-corrected chi connectivity index (χ1v) is 5.22. The Labute approximate surface area is 97.1 Å². The van der Waals surface area contributed by atoms with Crippen molar-refractivity contribution in [1.29, 1.82) is 0 Å². The van der Waals surface area contributed by atoms with E-state index in [1.54, 1.807) is 18.9 Å². The lowest BCUT2D eigenvalue weighted by Gasteiger charge is -2.24. The zero-order valence-electron chi connectivity index (χ0n) is 9.19. The summed E-state index contributed by atoms with van der Waals surface area (Å²) in [4.78, 5) is 0. The molecule has 0 aliphatic rings. The summed E-state index contributed by atoms with van der Waals surface area (Å²) in [5, 5.41) is 10.9. The van der Waals surface area contributed by atoms with Gasteiger partial charge in [-0.3, -0.25) is 0 Å². The smallest absolute Gasteiger partial charge is 0.177 e. The second kappa shape index (κ2) is 5.55. The molecule has 1 aromatic heterocycles. The van der Waals surface area contributed by atoms with E-state index in [1.165, 1.54) is 0 Å². The van der Waals surface area contributed by atoms with Gasteiger partial charge in [0.25, 0.3) is 0 Å². The second-order valence-electron chi connectivity index (χ2n) is 3.00. The quantitative estimate of drug-likeness (QED) is 0.793. The Morgan fingerprint density at radius 2 is 2.00 bits per heavy atom. The number of hydrogen-bond donors (Lipinski definition) is 1. The zero-order valence-corrected chi connectivity index (χ0v) is 10.8. The molecule has 15 heavy (non-hydrogen) atoms. The Kier molecular flexibility index (Phi) is 4.65. The average molecular weight is 279 g/mol. The van der Waals surface area contributed by atoms with Gasteiger partial charge in [0, 0.05) is 21.3 Å². The second-order valence-corrected chi connectivity index (χ2v) is 3.75. The van der Waals surface area contributed by atoms with Crippen LogP contribution in [-0.2, 0) is 16.5 Å². The number of nitrogens with zero attached hydrogens (tertiary/aromatic N) is 3. The van der Waals surface area contributed by atoms with Crippen molar-refractivity contribution in [2.75, 3.05) is 21.3 Å². The SMILES string of the molecule is CNC(c1c(Br)nnn1C)C(OC)OC. The summed E-state index contributed by atoms with van der Waals surface area (Å²) in [6, 6.07) is -0.130. The van der Waals surface area contributed by atoms with Crippen LogP contribution in [-0.4, -0.2) is 42.6 Å². The molecule has 0 bridgehead atoms. The van der Waals surface area contributed by atoms with Crippen LogP contribution < -0.4 is 5.32 Å². The summed E-state index contributed by atoms with van der Waals surface area (Å²) < 4.78 is 12.8. The maximum atomic E-state index is 5.21. The van der Waals surface area contributed by atoms with E-state index < -0.39 is 0 Å². The van der Waals surface area contributed by atoms with Crippen LogP contribution in [0.4, 0.5) is 0 Å². The molecule has 0 fully saturated rings. The minimum Gasteiger partial charge on any atom is -0.354 e. The van der Waals surface area contributed by atoms with Crippen molar-refractivity contribution in [2.24, 2.45) is 7.05 Å². The minimum atomic E-state index is -0.386. The Morgan fingerprint density at radius 3 is 2.33 bits per heavy atom. The average Bonchev–Trinajstić information content (AvgIpc) is 2.56. The summed E-state index contributed by atoms with van der Waals surface area (Å²) >= 11 is 3.34. The number of nitrogens with one attached hydrogen (secondary N) is 1. The fraction of sp³-hybridized carbons (Fsp3) is 0.750. The highest BCUT2D eigenvalue weighted by molar-refractivity contribution is 9.10. The number of aryl methyl sites for hydroxylation is 1. The first-order valence-electron chi connectivity index (χ1n) is 4.43. The lowest BCUT2D eigenvalue weighted by Crippen LogP contribution is -2.34. The van der Waals surface area contributed by atoms with Gasteiger partial charge in [-0.1, -0.05) is 5.21 Å². The van der Waals surface area contributed by atoms with Gasteiger partial charge in [-0.2, -0.15) is 0 Å². The molecule has 6 nitrogen and oxygen atoms in total. The topological polar surface area (TPSA) is 61.2 Å². The molecule has 0 saturated carbocycles. The van der Waals surface area contributed by atoms with Crippen LogP contribution in [0.15, 0.2) is 4.60 Å². The Morgan fingerprint density at radius 1 is 1.40 bits per heavy atom. The Balaban J connectivity index is 3.01. The summed E-state index contributed by atoms with van der Waals surface area (Å²) in [6.45, 7) is 0. The Bertz CT molecular complexity index is 294. The van der Waals surface area contributed by atoms with Crippen LogP contribution in [0.25, 0.3) is 0 Å². The fourth-order valence-electron chi connectivity index (χ4n) is 1.44. The van der Waals surface area contributed by atoms with Crippen molar-refractivity contribution in [1.82, 2.24) is 20.3 Å². The van der Waals surface area contributed by atoms with Crippen LogP contribution in [0.3, 0.4) is 0 Å². The predicted octanol–water partition coefficient (Wildman–Crippen LogP) is 0.457. The van der Waals surface area contributed by atoms with Crippen molar-refractivity contribution < 1.29 is 9.47 Å². The molecule has 1 rings (SSSR count). The summed E-state index contributed by atoms with van der Waals surface area (Å²) in [7, 11) is 6.83. The van der Waals surface area contributed by atoms with E-state index in [2.05, 4.69) is 31.6 Å². The molecular weight excluding hydrogens is 264 g/mol. The number of rotatable bonds is 5. The molecule has 0 aliphatic carbocycles. The van der Waals surface area contributed by atoms with Crippen LogP contribution in [0.2, 0.25) is 0 Å². The van der Waals surface area contributed by atoms with E-state index in [0.717, 1.165) is 5.69 Å².